The summed E-state index contributed by atoms with van der Waals surface area (Å²) in [5, 5.41) is 23.4. The van der Waals surface area contributed by atoms with Gasteiger partial charge in [0.05, 0.1) is 12.4 Å². The fourth-order valence-corrected chi connectivity index (χ4v) is 5.91. The molecule has 0 saturated carbocycles. The predicted octanol–water partition coefficient (Wildman–Crippen LogP) is 9.02. The lowest BCUT2D eigenvalue weighted by Crippen LogP contribution is -2.40. The molecule has 0 saturated heterocycles. The molecule has 3 rings (SSSR count). The van der Waals surface area contributed by atoms with Crippen LogP contribution in [-0.4, -0.2) is 35.7 Å². The highest BCUT2D eigenvalue weighted by atomic mass is 16.5. The number of aliphatic imine (C=N–C) groups is 1. The van der Waals surface area contributed by atoms with Gasteiger partial charge >= 0.3 is 0 Å². The average molecular weight is 551 g/mol. The van der Waals surface area contributed by atoms with Crippen LogP contribution in [-0.2, 0) is 5.41 Å². The summed E-state index contributed by atoms with van der Waals surface area (Å²) in [6, 6.07) is 13.2. The summed E-state index contributed by atoms with van der Waals surface area (Å²) in [6.07, 6.45) is 17.2. The van der Waals surface area contributed by atoms with Gasteiger partial charge in [0, 0.05) is 36.9 Å². The number of benzene rings is 2. The Morgan fingerprint density at radius 3 is 2.20 bits per heavy atom. The van der Waals surface area contributed by atoms with E-state index < -0.39 is 0 Å². The number of nitrogens with zero attached hydrogens (tertiary/aromatic N) is 1. The molecule has 0 bridgehead atoms. The first-order valence-electron chi connectivity index (χ1n) is 16.0. The van der Waals surface area contributed by atoms with E-state index in [1.165, 1.54) is 94.0 Å². The van der Waals surface area contributed by atoms with Crippen LogP contribution in [0.4, 0.5) is 0 Å². The molecule has 2 unspecified atom stereocenters. The van der Waals surface area contributed by atoms with E-state index in [1.54, 1.807) is 24.3 Å². The van der Waals surface area contributed by atoms with Gasteiger partial charge in [0.2, 0.25) is 0 Å². The Morgan fingerprint density at radius 2 is 1.50 bits per heavy atom. The van der Waals surface area contributed by atoms with Crippen molar-refractivity contribution in [3.63, 3.8) is 0 Å². The molecule has 5 nitrogen and oxygen atoms in total. The minimum Gasteiger partial charge on any atom is -0.508 e. The quantitative estimate of drug-likeness (QED) is 0.0983. The molecule has 1 heterocycles. The van der Waals surface area contributed by atoms with Crippen molar-refractivity contribution in [1.82, 2.24) is 5.32 Å². The molecular weight excluding hydrogens is 496 g/mol. The van der Waals surface area contributed by atoms with E-state index in [1.807, 2.05) is 18.2 Å². The second-order valence-electron chi connectivity index (χ2n) is 11.9. The lowest BCUT2D eigenvalue weighted by molar-refractivity contribution is 0.162. The van der Waals surface area contributed by atoms with Gasteiger partial charge in [-0.3, -0.25) is 4.99 Å². The molecule has 0 aromatic heterocycles. The maximum absolute atomic E-state index is 10.0. The lowest BCUT2D eigenvalue weighted by Gasteiger charge is -2.43. The number of rotatable bonds is 18. The first-order valence-corrected chi connectivity index (χ1v) is 16.0. The minimum atomic E-state index is -0.179. The monoisotopic (exact) mass is 550 g/mol. The van der Waals surface area contributed by atoms with Gasteiger partial charge in [-0.05, 0) is 55.0 Å². The van der Waals surface area contributed by atoms with Crippen LogP contribution in [0, 0.1) is 0 Å². The van der Waals surface area contributed by atoms with E-state index in [-0.39, 0.29) is 16.9 Å². The van der Waals surface area contributed by atoms with Crippen molar-refractivity contribution in [2.75, 3.05) is 19.7 Å². The predicted molar refractivity (Wildman–Crippen MR) is 168 cm³/mol. The summed E-state index contributed by atoms with van der Waals surface area (Å²) in [5.74, 6) is 2.88. The molecule has 5 heteroatoms. The number of ether oxygens (including phenoxy) is 1. The summed E-state index contributed by atoms with van der Waals surface area (Å²) in [6.45, 7) is 9.32. The van der Waals surface area contributed by atoms with E-state index >= 15 is 0 Å². The highest BCUT2D eigenvalue weighted by molar-refractivity contribution is 5.82. The van der Waals surface area contributed by atoms with Crippen LogP contribution < -0.4 is 10.1 Å². The van der Waals surface area contributed by atoms with Gasteiger partial charge < -0.3 is 20.3 Å². The van der Waals surface area contributed by atoms with Gasteiger partial charge in [-0.15, -0.1) is 0 Å². The molecule has 2 aromatic carbocycles. The van der Waals surface area contributed by atoms with Crippen molar-refractivity contribution in [3.05, 3.63) is 53.6 Å². The van der Waals surface area contributed by atoms with Crippen molar-refractivity contribution in [2.24, 2.45) is 4.99 Å². The number of nitrogens with one attached hydrogen (secondary N) is 1. The molecule has 0 aliphatic carbocycles. The fourth-order valence-electron chi connectivity index (χ4n) is 5.91. The molecule has 0 radical (unpaired) electrons. The van der Waals surface area contributed by atoms with E-state index in [0.29, 0.717) is 12.5 Å². The maximum Gasteiger partial charge on any atom is 0.126 e. The van der Waals surface area contributed by atoms with E-state index in [4.69, 9.17) is 9.73 Å². The summed E-state index contributed by atoms with van der Waals surface area (Å²) in [4.78, 5) is 4.82. The zero-order valence-corrected chi connectivity index (χ0v) is 25.4. The Morgan fingerprint density at radius 1 is 0.850 bits per heavy atom. The Hall–Kier alpha value is -2.69. The van der Waals surface area contributed by atoms with Gasteiger partial charge in [-0.25, -0.2) is 0 Å². The van der Waals surface area contributed by atoms with Crippen molar-refractivity contribution in [3.8, 4) is 17.2 Å². The second kappa shape index (κ2) is 17.2. The number of phenols is 2. The van der Waals surface area contributed by atoms with Crippen molar-refractivity contribution in [1.29, 1.82) is 0 Å². The smallest absolute Gasteiger partial charge is 0.126 e. The van der Waals surface area contributed by atoms with Gasteiger partial charge in [0.15, 0.2) is 0 Å². The molecule has 2 atom stereocenters. The normalized spacial score (nSPS) is 18.8. The summed E-state index contributed by atoms with van der Waals surface area (Å²) < 4.78 is 6.16. The molecule has 0 spiro atoms. The van der Waals surface area contributed by atoms with Crippen molar-refractivity contribution in [2.45, 2.75) is 122 Å². The third kappa shape index (κ3) is 9.74. The van der Waals surface area contributed by atoms with Gasteiger partial charge in [-0.2, -0.15) is 0 Å². The van der Waals surface area contributed by atoms with Crippen LogP contribution in [0.25, 0.3) is 0 Å². The zero-order chi connectivity index (χ0) is 28.6. The zero-order valence-electron chi connectivity index (χ0n) is 25.4. The molecule has 40 heavy (non-hydrogen) atoms. The number of unbranched alkanes of at least 4 members (excludes halogenated alkanes) is 9. The van der Waals surface area contributed by atoms with Crippen LogP contribution in [0.2, 0.25) is 0 Å². The fraction of sp³-hybridized carbons (Fsp3) is 0.629. The number of fused-ring (bicyclic) bond motifs is 1. The molecule has 3 N–H and O–H groups in total. The Kier molecular flexibility index (Phi) is 13.7. The summed E-state index contributed by atoms with van der Waals surface area (Å²) >= 11 is 0. The van der Waals surface area contributed by atoms with Crippen LogP contribution in [0.5, 0.6) is 17.2 Å². The topological polar surface area (TPSA) is 74.1 Å². The first-order chi connectivity index (χ1) is 19.5. The highest BCUT2D eigenvalue weighted by Crippen LogP contribution is 2.49. The van der Waals surface area contributed by atoms with Gasteiger partial charge in [0.25, 0.3) is 0 Å². The second-order valence-corrected chi connectivity index (χ2v) is 11.9. The number of aromatic hydroxyl groups is 2. The van der Waals surface area contributed by atoms with Crippen molar-refractivity contribution < 1.29 is 14.9 Å². The average Bonchev–Trinajstić information content (AvgIpc) is 2.95. The van der Waals surface area contributed by atoms with E-state index in [2.05, 4.69) is 26.1 Å². The molecule has 0 amide bonds. The van der Waals surface area contributed by atoms with Gasteiger partial charge in [0.1, 0.15) is 17.2 Å². The first kappa shape index (κ1) is 31.8. The highest BCUT2D eigenvalue weighted by Gasteiger charge is 2.42. The van der Waals surface area contributed by atoms with E-state index in [0.717, 1.165) is 31.7 Å². The number of hydrogen-bond donors (Lipinski definition) is 3. The van der Waals surface area contributed by atoms with E-state index in [9.17, 15) is 10.2 Å². The molecule has 222 valence electrons. The van der Waals surface area contributed by atoms with Crippen LogP contribution in [0.3, 0.4) is 0 Å². The number of hydrogen-bond acceptors (Lipinski definition) is 4. The third-order valence-corrected chi connectivity index (χ3v) is 8.53. The molecular formula is C35H54N2O3. The third-order valence-electron chi connectivity index (χ3n) is 8.53. The number of phenolic OH excluding ortho intramolecular Hbond substituents is 2. The number of amidine groups is 1. The van der Waals surface area contributed by atoms with Crippen LogP contribution in [0.15, 0.2) is 47.5 Å². The summed E-state index contributed by atoms with van der Waals surface area (Å²) in [7, 11) is 0. The standard InChI is InChI=1S/C35H54N2O3/c1-4-6-24-36-34(37-25-7-5-2)17-15-13-11-9-8-10-12-14-16-32-31-23-22-30(39)26-33(31)40-27-35(32,3)28-18-20-29(38)21-19-28/h18-23,26,32,38-39H,4-17,24-25,27H2,1-3H3,(H,36,37). The lowest BCUT2D eigenvalue weighted by atomic mass is 9.66. The van der Waals surface area contributed by atoms with Crippen LogP contribution in [0.1, 0.15) is 128 Å². The van der Waals surface area contributed by atoms with Crippen LogP contribution >= 0.6 is 0 Å². The SMILES string of the molecule is CCCCN=C(CCCCCCCCCCC1c2ccc(O)cc2OCC1(C)c1ccc(O)cc1)NCCCC. The molecule has 2 aromatic rings. The Bertz CT molecular complexity index is 1020. The largest absolute Gasteiger partial charge is 0.508 e. The molecule has 1 aliphatic rings. The maximum atomic E-state index is 10.0. The Balaban J connectivity index is 1.40. The molecule has 1 aliphatic heterocycles. The molecule has 0 fully saturated rings. The van der Waals surface area contributed by atoms with Gasteiger partial charge in [-0.1, -0.05) is 96.8 Å². The van der Waals surface area contributed by atoms with Crippen molar-refractivity contribution >= 4 is 5.84 Å². The minimum absolute atomic E-state index is 0.179. The summed E-state index contributed by atoms with van der Waals surface area (Å²) in [5.41, 5.74) is 2.19. The Labute approximate surface area is 243 Å².